The predicted octanol–water partition coefficient (Wildman–Crippen LogP) is 2.08. The summed E-state index contributed by atoms with van der Waals surface area (Å²) in [4.78, 5) is 10.5. The third-order valence-corrected chi connectivity index (χ3v) is 1.49. The van der Waals surface area contributed by atoms with E-state index in [4.69, 9.17) is 4.52 Å². The second-order valence-corrected chi connectivity index (χ2v) is 4.06. The van der Waals surface area contributed by atoms with E-state index in [1.54, 1.807) is 0 Å². The van der Waals surface area contributed by atoms with Crippen LogP contribution in [-0.2, 0) is 6.42 Å². The van der Waals surface area contributed by atoms with E-state index in [0.717, 1.165) is 12.7 Å². The molecule has 0 saturated heterocycles. The van der Waals surface area contributed by atoms with E-state index in [1.807, 2.05) is 0 Å². The van der Waals surface area contributed by atoms with Crippen molar-refractivity contribution in [3.8, 4) is 0 Å². The minimum atomic E-state index is 0.122. The largest absolute Gasteiger partial charge is 0.361 e. The molecule has 0 amide bonds. The van der Waals surface area contributed by atoms with Crippen LogP contribution in [0.1, 0.15) is 36.9 Å². The molecule has 0 atom stereocenters. The maximum atomic E-state index is 10.5. The van der Waals surface area contributed by atoms with E-state index in [9.17, 15) is 4.79 Å². The number of hydrogen-bond donors (Lipinski definition) is 0. The predicted molar refractivity (Wildman–Crippen MR) is 45.0 cm³/mol. The Morgan fingerprint density at radius 1 is 1.58 bits per heavy atom. The summed E-state index contributed by atoms with van der Waals surface area (Å²) < 4.78 is 4.95. The molecule has 0 fully saturated rings. The van der Waals surface area contributed by atoms with E-state index < -0.39 is 0 Å². The SMILES string of the molecule is CC(C)(C)Cc1oncc1C=O. The lowest BCUT2D eigenvalue weighted by molar-refractivity contribution is 0.112. The number of carbonyl (C=O) groups excluding carboxylic acids is 1. The van der Waals surface area contributed by atoms with E-state index in [-0.39, 0.29) is 5.41 Å². The molecule has 0 aromatic carbocycles. The highest BCUT2D eigenvalue weighted by molar-refractivity contribution is 5.75. The van der Waals surface area contributed by atoms with Crippen LogP contribution >= 0.6 is 0 Å². The molecular weight excluding hydrogens is 154 g/mol. The first-order valence-corrected chi connectivity index (χ1v) is 3.92. The average molecular weight is 167 g/mol. The minimum Gasteiger partial charge on any atom is -0.361 e. The second-order valence-electron chi connectivity index (χ2n) is 4.06. The van der Waals surface area contributed by atoms with Crippen molar-refractivity contribution in [1.82, 2.24) is 5.16 Å². The zero-order valence-corrected chi connectivity index (χ0v) is 7.63. The van der Waals surface area contributed by atoms with E-state index >= 15 is 0 Å². The molecule has 0 saturated carbocycles. The van der Waals surface area contributed by atoms with Crippen molar-refractivity contribution < 1.29 is 9.32 Å². The molecule has 0 bridgehead atoms. The maximum Gasteiger partial charge on any atom is 0.155 e. The van der Waals surface area contributed by atoms with Gasteiger partial charge in [0, 0.05) is 6.42 Å². The molecule has 1 heterocycles. The van der Waals surface area contributed by atoms with Crippen LogP contribution in [0.15, 0.2) is 10.7 Å². The highest BCUT2D eigenvalue weighted by atomic mass is 16.5. The highest BCUT2D eigenvalue weighted by Crippen LogP contribution is 2.21. The van der Waals surface area contributed by atoms with Gasteiger partial charge < -0.3 is 4.52 Å². The number of aldehydes is 1. The first kappa shape index (κ1) is 8.97. The van der Waals surface area contributed by atoms with Crippen LogP contribution < -0.4 is 0 Å². The first-order chi connectivity index (χ1) is 5.53. The summed E-state index contributed by atoms with van der Waals surface area (Å²) in [6.45, 7) is 6.26. The molecule has 12 heavy (non-hydrogen) atoms. The van der Waals surface area contributed by atoms with Gasteiger partial charge in [0.25, 0.3) is 0 Å². The van der Waals surface area contributed by atoms with Gasteiger partial charge in [-0.3, -0.25) is 4.79 Å². The molecule has 1 rings (SSSR count). The Morgan fingerprint density at radius 3 is 2.75 bits per heavy atom. The smallest absolute Gasteiger partial charge is 0.155 e. The molecule has 0 N–H and O–H groups in total. The third-order valence-electron chi connectivity index (χ3n) is 1.49. The van der Waals surface area contributed by atoms with Crippen LogP contribution in [0.4, 0.5) is 0 Å². The van der Waals surface area contributed by atoms with Gasteiger partial charge in [-0.05, 0) is 5.41 Å². The lowest BCUT2D eigenvalue weighted by Crippen LogP contribution is -2.09. The molecular formula is C9H13NO2. The number of nitrogens with zero attached hydrogens (tertiary/aromatic N) is 1. The normalized spacial score (nSPS) is 11.6. The Morgan fingerprint density at radius 2 is 2.25 bits per heavy atom. The Balaban J connectivity index is 2.81. The second kappa shape index (κ2) is 3.09. The van der Waals surface area contributed by atoms with Gasteiger partial charge in [-0.2, -0.15) is 0 Å². The van der Waals surface area contributed by atoms with Gasteiger partial charge in [0.05, 0.1) is 11.8 Å². The summed E-state index contributed by atoms with van der Waals surface area (Å²) >= 11 is 0. The summed E-state index contributed by atoms with van der Waals surface area (Å²) in [6, 6.07) is 0. The van der Waals surface area contributed by atoms with Crippen LogP contribution in [0.5, 0.6) is 0 Å². The van der Waals surface area contributed by atoms with E-state index in [2.05, 4.69) is 25.9 Å². The van der Waals surface area contributed by atoms with Crippen molar-refractivity contribution in [3.63, 3.8) is 0 Å². The molecule has 3 heteroatoms. The fourth-order valence-electron chi connectivity index (χ4n) is 0.984. The average Bonchev–Trinajstić information content (AvgIpc) is 2.31. The van der Waals surface area contributed by atoms with Crippen molar-refractivity contribution in [1.29, 1.82) is 0 Å². The van der Waals surface area contributed by atoms with Crippen LogP contribution in [0.2, 0.25) is 0 Å². The van der Waals surface area contributed by atoms with Gasteiger partial charge in [0.2, 0.25) is 0 Å². The fraction of sp³-hybridized carbons (Fsp3) is 0.556. The fourth-order valence-corrected chi connectivity index (χ4v) is 0.984. The first-order valence-electron chi connectivity index (χ1n) is 3.92. The Labute approximate surface area is 71.7 Å². The van der Waals surface area contributed by atoms with Gasteiger partial charge in [-0.1, -0.05) is 25.9 Å². The van der Waals surface area contributed by atoms with Crippen LogP contribution in [0, 0.1) is 5.41 Å². The lowest BCUT2D eigenvalue weighted by Gasteiger charge is -2.15. The Hall–Kier alpha value is -1.12. The lowest BCUT2D eigenvalue weighted by atomic mass is 9.90. The van der Waals surface area contributed by atoms with Gasteiger partial charge in [0.15, 0.2) is 6.29 Å². The van der Waals surface area contributed by atoms with Gasteiger partial charge >= 0.3 is 0 Å². The van der Waals surface area contributed by atoms with Crippen LogP contribution in [-0.4, -0.2) is 11.4 Å². The summed E-state index contributed by atoms with van der Waals surface area (Å²) in [7, 11) is 0. The summed E-state index contributed by atoms with van der Waals surface area (Å²) in [5.41, 5.74) is 0.682. The molecule has 1 aromatic heterocycles. The molecule has 0 radical (unpaired) electrons. The molecule has 0 spiro atoms. The van der Waals surface area contributed by atoms with Crippen molar-refractivity contribution in [2.75, 3.05) is 0 Å². The summed E-state index contributed by atoms with van der Waals surface area (Å²) in [5.74, 6) is 0.678. The van der Waals surface area contributed by atoms with Crippen molar-refractivity contribution in [3.05, 3.63) is 17.5 Å². The van der Waals surface area contributed by atoms with Crippen LogP contribution in [0.25, 0.3) is 0 Å². The number of carbonyl (C=O) groups is 1. The number of aromatic nitrogens is 1. The molecule has 3 nitrogen and oxygen atoms in total. The zero-order valence-electron chi connectivity index (χ0n) is 7.63. The van der Waals surface area contributed by atoms with E-state index in [1.165, 1.54) is 6.20 Å². The highest BCUT2D eigenvalue weighted by Gasteiger charge is 2.17. The third kappa shape index (κ3) is 2.19. The minimum absolute atomic E-state index is 0.122. The van der Waals surface area contributed by atoms with Gasteiger partial charge in [0.1, 0.15) is 5.76 Å². The molecule has 1 aromatic rings. The molecule has 0 aliphatic rings. The van der Waals surface area contributed by atoms with Gasteiger partial charge in [-0.25, -0.2) is 0 Å². The Bertz CT molecular complexity index is 270. The molecule has 66 valence electrons. The summed E-state index contributed by atoms with van der Waals surface area (Å²) in [6.07, 6.45) is 2.96. The van der Waals surface area contributed by atoms with Crippen molar-refractivity contribution in [2.45, 2.75) is 27.2 Å². The number of hydrogen-bond acceptors (Lipinski definition) is 3. The van der Waals surface area contributed by atoms with Crippen molar-refractivity contribution in [2.24, 2.45) is 5.41 Å². The van der Waals surface area contributed by atoms with Crippen LogP contribution in [0.3, 0.4) is 0 Å². The summed E-state index contributed by atoms with van der Waals surface area (Å²) in [5, 5.41) is 3.57. The topological polar surface area (TPSA) is 43.1 Å². The zero-order chi connectivity index (χ0) is 9.19. The Kier molecular flexibility index (Phi) is 2.31. The molecule has 0 aliphatic carbocycles. The molecule has 0 unspecified atom stereocenters. The van der Waals surface area contributed by atoms with Gasteiger partial charge in [-0.15, -0.1) is 0 Å². The maximum absolute atomic E-state index is 10.5. The monoisotopic (exact) mass is 167 g/mol. The standard InChI is InChI=1S/C9H13NO2/c1-9(2,3)4-8-7(6-11)5-10-12-8/h5-6H,4H2,1-3H3. The van der Waals surface area contributed by atoms with E-state index in [0.29, 0.717) is 11.3 Å². The van der Waals surface area contributed by atoms with Crippen molar-refractivity contribution >= 4 is 6.29 Å². The number of rotatable bonds is 2. The quantitative estimate of drug-likeness (QED) is 0.633. The molecule has 0 aliphatic heterocycles.